The van der Waals surface area contributed by atoms with E-state index in [9.17, 15) is 9.59 Å². The van der Waals surface area contributed by atoms with E-state index in [4.69, 9.17) is 14.2 Å². The van der Waals surface area contributed by atoms with Crippen LogP contribution in [0.2, 0.25) is 0 Å². The van der Waals surface area contributed by atoms with E-state index in [1.807, 2.05) is 18.2 Å². The van der Waals surface area contributed by atoms with E-state index >= 15 is 0 Å². The lowest BCUT2D eigenvalue weighted by Gasteiger charge is -2.15. The third-order valence-corrected chi connectivity index (χ3v) is 5.11. The lowest BCUT2D eigenvalue weighted by molar-refractivity contribution is -0.123. The van der Waals surface area contributed by atoms with E-state index in [1.165, 1.54) is 6.92 Å². The zero-order valence-electron chi connectivity index (χ0n) is 17.2. The van der Waals surface area contributed by atoms with E-state index in [1.54, 1.807) is 42.6 Å². The predicted molar refractivity (Wildman–Crippen MR) is 116 cm³/mol. The van der Waals surface area contributed by atoms with E-state index in [2.05, 4.69) is 10.3 Å². The molecule has 1 aliphatic heterocycles. The molecule has 2 heterocycles. The Morgan fingerprint density at radius 2 is 2.00 bits per heavy atom. The summed E-state index contributed by atoms with van der Waals surface area (Å²) in [4.78, 5) is 29.2. The number of fused-ring (bicyclic) bond motifs is 1. The molecule has 1 amide bonds. The van der Waals surface area contributed by atoms with Gasteiger partial charge in [0.15, 0.2) is 6.10 Å². The first-order valence-electron chi connectivity index (χ1n) is 10.3. The average Bonchev–Trinajstić information content (AvgIpc) is 3.32. The molecule has 1 N–H and O–H groups in total. The fraction of sp³-hybridized carbons (Fsp3) is 0.292. The van der Waals surface area contributed by atoms with Crippen LogP contribution in [0.5, 0.6) is 5.75 Å². The minimum atomic E-state index is -0.963. The molecule has 31 heavy (non-hydrogen) atoms. The van der Waals surface area contributed by atoms with Crippen LogP contribution in [0, 0.1) is 0 Å². The van der Waals surface area contributed by atoms with Gasteiger partial charge in [0.2, 0.25) is 0 Å². The Morgan fingerprint density at radius 3 is 2.77 bits per heavy atom. The summed E-state index contributed by atoms with van der Waals surface area (Å²) in [6.45, 7) is 2.81. The zero-order valence-corrected chi connectivity index (χ0v) is 17.2. The first-order valence-corrected chi connectivity index (χ1v) is 10.3. The van der Waals surface area contributed by atoms with Crippen LogP contribution in [0.15, 0.2) is 60.8 Å². The number of nitrogens with one attached hydrogen (secondary N) is 1. The Labute approximate surface area is 180 Å². The Kier molecular flexibility index (Phi) is 6.43. The number of aromatic nitrogens is 1. The summed E-state index contributed by atoms with van der Waals surface area (Å²) in [5.41, 5.74) is 1.73. The molecule has 1 aliphatic rings. The van der Waals surface area contributed by atoms with Crippen LogP contribution in [0.4, 0.5) is 5.69 Å². The molecule has 160 valence electrons. The molecule has 0 radical (unpaired) electrons. The van der Waals surface area contributed by atoms with Crippen LogP contribution in [-0.4, -0.2) is 42.3 Å². The second-order valence-corrected chi connectivity index (χ2v) is 7.38. The second-order valence-electron chi connectivity index (χ2n) is 7.38. The number of benzene rings is 2. The number of nitrogens with zero attached hydrogens (tertiary/aromatic N) is 1. The number of esters is 1. The molecule has 1 aromatic heterocycles. The highest BCUT2D eigenvalue weighted by Crippen LogP contribution is 2.22. The molecule has 0 aliphatic carbocycles. The molecule has 2 atom stereocenters. The Morgan fingerprint density at radius 1 is 1.16 bits per heavy atom. The van der Waals surface area contributed by atoms with E-state index in [0.717, 1.165) is 30.4 Å². The molecule has 0 spiro atoms. The van der Waals surface area contributed by atoms with E-state index < -0.39 is 18.0 Å². The minimum Gasteiger partial charge on any atom is -0.491 e. The zero-order chi connectivity index (χ0) is 21.6. The van der Waals surface area contributed by atoms with Crippen molar-refractivity contribution < 1.29 is 23.8 Å². The molecule has 0 bridgehead atoms. The van der Waals surface area contributed by atoms with Crippen LogP contribution in [0.25, 0.3) is 10.9 Å². The fourth-order valence-electron chi connectivity index (χ4n) is 3.38. The SMILES string of the molecule is C[C@@H](OC(=O)c1ccc(OC[C@@H]2CCCO2)cc1)C(=O)Nc1cccc2ncccc12. The molecule has 0 saturated carbocycles. The summed E-state index contributed by atoms with van der Waals surface area (Å²) < 4.78 is 16.6. The van der Waals surface area contributed by atoms with Gasteiger partial charge >= 0.3 is 5.97 Å². The van der Waals surface area contributed by atoms with Crippen molar-refractivity contribution in [2.75, 3.05) is 18.5 Å². The molecule has 3 aromatic rings. The van der Waals surface area contributed by atoms with Crippen LogP contribution < -0.4 is 10.1 Å². The van der Waals surface area contributed by atoms with Gasteiger partial charge in [0.25, 0.3) is 5.91 Å². The Bertz CT molecular complexity index is 1060. The van der Waals surface area contributed by atoms with E-state index in [0.29, 0.717) is 23.6 Å². The number of anilines is 1. The van der Waals surface area contributed by atoms with Crippen molar-refractivity contribution in [1.29, 1.82) is 0 Å². The average molecular weight is 420 g/mol. The van der Waals surface area contributed by atoms with Gasteiger partial charge in [-0.1, -0.05) is 6.07 Å². The summed E-state index contributed by atoms with van der Waals surface area (Å²) in [5.74, 6) is -0.337. The highest BCUT2D eigenvalue weighted by molar-refractivity contribution is 6.03. The largest absolute Gasteiger partial charge is 0.491 e. The quantitative estimate of drug-likeness (QED) is 0.582. The van der Waals surface area contributed by atoms with Crippen LogP contribution in [0.1, 0.15) is 30.1 Å². The van der Waals surface area contributed by atoms with Gasteiger partial charge in [-0.3, -0.25) is 9.78 Å². The van der Waals surface area contributed by atoms with Gasteiger partial charge in [-0.2, -0.15) is 0 Å². The monoisotopic (exact) mass is 420 g/mol. The summed E-state index contributed by atoms with van der Waals surface area (Å²) >= 11 is 0. The number of carbonyl (C=O) groups is 2. The van der Waals surface area contributed by atoms with Crippen LogP contribution in [0.3, 0.4) is 0 Å². The Hall–Kier alpha value is -3.45. The van der Waals surface area contributed by atoms with Gasteiger partial charge in [0, 0.05) is 18.2 Å². The fourth-order valence-corrected chi connectivity index (χ4v) is 3.38. The maximum Gasteiger partial charge on any atom is 0.338 e. The van der Waals surface area contributed by atoms with Crippen LogP contribution >= 0.6 is 0 Å². The first-order chi connectivity index (χ1) is 15.1. The summed E-state index contributed by atoms with van der Waals surface area (Å²) in [7, 11) is 0. The molecule has 2 aromatic carbocycles. The lowest BCUT2D eigenvalue weighted by atomic mass is 10.1. The Balaban J connectivity index is 1.32. The van der Waals surface area contributed by atoms with Gasteiger partial charge in [0.05, 0.1) is 22.9 Å². The van der Waals surface area contributed by atoms with Crippen molar-refractivity contribution in [1.82, 2.24) is 4.98 Å². The summed E-state index contributed by atoms with van der Waals surface area (Å²) in [6.07, 6.45) is 2.91. The third-order valence-electron chi connectivity index (χ3n) is 5.11. The first kappa shape index (κ1) is 20.8. The number of hydrogen-bond acceptors (Lipinski definition) is 6. The van der Waals surface area contributed by atoms with Crippen molar-refractivity contribution in [3.8, 4) is 5.75 Å². The highest BCUT2D eigenvalue weighted by Gasteiger charge is 2.20. The smallest absolute Gasteiger partial charge is 0.338 e. The molecule has 4 rings (SSSR count). The second kappa shape index (κ2) is 9.57. The number of pyridine rings is 1. The van der Waals surface area contributed by atoms with Crippen molar-refractivity contribution in [2.24, 2.45) is 0 Å². The van der Waals surface area contributed by atoms with Gasteiger partial charge in [0.1, 0.15) is 12.4 Å². The molecular weight excluding hydrogens is 396 g/mol. The molecular formula is C24H24N2O5. The maximum absolute atomic E-state index is 12.5. The number of ether oxygens (including phenoxy) is 3. The van der Waals surface area contributed by atoms with Crippen LogP contribution in [-0.2, 0) is 14.3 Å². The van der Waals surface area contributed by atoms with Gasteiger partial charge < -0.3 is 19.5 Å². The standard InChI is InChI=1S/C24H24N2O5/c1-16(23(27)26-22-8-2-7-21-20(22)6-3-13-25-21)31-24(28)17-9-11-18(12-10-17)30-15-19-5-4-14-29-19/h2-3,6-13,16,19H,4-5,14-15H2,1H3,(H,26,27)/t16-,19+/m1/s1. The summed E-state index contributed by atoms with van der Waals surface area (Å²) in [6, 6.07) is 15.8. The van der Waals surface area contributed by atoms with E-state index in [-0.39, 0.29) is 6.10 Å². The topological polar surface area (TPSA) is 86.8 Å². The molecule has 7 nitrogen and oxygen atoms in total. The molecule has 1 saturated heterocycles. The number of amides is 1. The third kappa shape index (κ3) is 5.19. The van der Waals surface area contributed by atoms with Crippen molar-refractivity contribution in [2.45, 2.75) is 32.0 Å². The van der Waals surface area contributed by atoms with Gasteiger partial charge in [-0.25, -0.2) is 4.79 Å². The van der Waals surface area contributed by atoms with Crippen molar-refractivity contribution in [3.63, 3.8) is 0 Å². The lowest BCUT2D eigenvalue weighted by Crippen LogP contribution is -2.30. The van der Waals surface area contributed by atoms with Gasteiger partial charge in [-0.05, 0) is 68.3 Å². The molecule has 1 fully saturated rings. The predicted octanol–water partition coefficient (Wildman–Crippen LogP) is 3.98. The number of rotatable bonds is 7. The highest BCUT2D eigenvalue weighted by atomic mass is 16.5. The maximum atomic E-state index is 12.5. The number of carbonyl (C=O) groups excluding carboxylic acids is 2. The van der Waals surface area contributed by atoms with Crippen molar-refractivity contribution >= 4 is 28.5 Å². The molecule has 0 unspecified atom stereocenters. The number of hydrogen-bond donors (Lipinski definition) is 1. The minimum absolute atomic E-state index is 0.126. The van der Waals surface area contributed by atoms with Crippen molar-refractivity contribution in [3.05, 3.63) is 66.4 Å². The normalized spacial score (nSPS) is 16.6. The summed E-state index contributed by atoms with van der Waals surface area (Å²) in [5, 5.41) is 3.62. The van der Waals surface area contributed by atoms with Gasteiger partial charge in [-0.15, -0.1) is 0 Å². The molecule has 7 heteroatoms.